The summed E-state index contributed by atoms with van der Waals surface area (Å²) in [5.74, 6) is 0.423. The van der Waals surface area contributed by atoms with Crippen molar-refractivity contribution in [1.82, 2.24) is 5.32 Å². The zero-order valence-corrected chi connectivity index (χ0v) is 10.5. The van der Waals surface area contributed by atoms with Gasteiger partial charge >= 0.3 is 5.97 Å². The van der Waals surface area contributed by atoms with Crippen LogP contribution in [0.15, 0.2) is 0 Å². The van der Waals surface area contributed by atoms with E-state index in [2.05, 4.69) is 26.1 Å². The summed E-state index contributed by atoms with van der Waals surface area (Å²) in [5, 5.41) is 3.41. The lowest BCUT2D eigenvalue weighted by atomic mass is 9.96. The van der Waals surface area contributed by atoms with Crippen molar-refractivity contribution in [2.45, 2.75) is 53.0 Å². The predicted octanol–water partition coefficient (Wildman–Crippen LogP) is 2.35. The van der Waals surface area contributed by atoms with Crippen LogP contribution in [-0.4, -0.2) is 25.2 Å². The molecular formula is C12H25NO2. The number of ether oxygens (including phenoxy) is 1. The number of carbonyl (C=O) groups is 1. The molecule has 15 heavy (non-hydrogen) atoms. The molecule has 0 aromatic carbocycles. The molecule has 2 atom stereocenters. The third-order valence-electron chi connectivity index (χ3n) is 2.68. The third-order valence-corrected chi connectivity index (χ3v) is 2.68. The Hall–Kier alpha value is -0.570. The molecule has 2 unspecified atom stereocenters. The maximum absolute atomic E-state index is 11.4. The average molecular weight is 215 g/mol. The molecule has 3 nitrogen and oxygen atoms in total. The summed E-state index contributed by atoms with van der Waals surface area (Å²) in [7, 11) is 0. The molecular weight excluding hydrogens is 190 g/mol. The molecule has 0 heterocycles. The zero-order chi connectivity index (χ0) is 11.7. The van der Waals surface area contributed by atoms with Gasteiger partial charge in [0.1, 0.15) is 0 Å². The third kappa shape index (κ3) is 6.50. The highest BCUT2D eigenvalue weighted by molar-refractivity contribution is 5.70. The first-order valence-electron chi connectivity index (χ1n) is 6.04. The van der Waals surface area contributed by atoms with E-state index in [1.165, 1.54) is 0 Å². The van der Waals surface area contributed by atoms with Crippen LogP contribution >= 0.6 is 0 Å². The number of nitrogens with one attached hydrogen (secondary N) is 1. The summed E-state index contributed by atoms with van der Waals surface area (Å²) >= 11 is 0. The number of esters is 1. The predicted molar refractivity (Wildman–Crippen MR) is 62.8 cm³/mol. The maximum Gasteiger partial charge on any atom is 0.307 e. The van der Waals surface area contributed by atoms with Gasteiger partial charge in [0.2, 0.25) is 0 Å². The van der Waals surface area contributed by atoms with Gasteiger partial charge in [0.25, 0.3) is 0 Å². The molecule has 0 aromatic rings. The van der Waals surface area contributed by atoms with Gasteiger partial charge in [0.15, 0.2) is 0 Å². The molecule has 0 saturated carbocycles. The van der Waals surface area contributed by atoms with Crippen molar-refractivity contribution in [2.24, 2.45) is 5.92 Å². The average Bonchev–Trinajstić information content (AvgIpc) is 2.23. The van der Waals surface area contributed by atoms with E-state index in [-0.39, 0.29) is 12.0 Å². The molecule has 0 rings (SSSR count). The van der Waals surface area contributed by atoms with Gasteiger partial charge in [-0.2, -0.15) is 0 Å². The molecule has 0 aliphatic rings. The second kappa shape index (κ2) is 8.72. The summed E-state index contributed by atoms with van der Waals surface area (Å²) in [6.45, 7) is 9.73. The summed E-state index contributed by atoms with van der Waals surface area (Å²) in [6, 6.07) is 0.258. The van der Waals surface area contributed by atoms with Gasteiger partial charge < -0.3 is 10.1 Å². The lowest BCUT2D eigenvalue weighted by Gasteiger charge is -2.23. The second-order valence-corrected chi connectivity index (χ2v) is 3.96. The van der Waals surface area contributed by atoms with Crippen LogP contribution in [-0.2, 0) is 9.53 Å². The first-order chi connectivity index (χ1) is 7.15. The number of carbonyl (C=O) groups excluding carboxylic acids is 1. The largest absolute Gasteiger partial charge is 0.466 e. The molecule has 3 heteroatoms. The smallest absolute Gasteiger partial charge is 0.307 e. The lowest BCUT2D eigenvalue weighted by Crippen LogP contribution is -2.37. The molecule has 0 spiro atoms. The summed E-state index contributed by atoms with van der Waals surface area (Å²) in [6.07, 6.45) is 2.67. The molecule has 0 aromatic heterocycles. The van der Waals surface area contributed by atoms with Crippen LogP contribution in [0.5, 0.6) is 0 Å². The lowest BCUT2D eigenvalue weighted by molar-refractivity contribution is -0.144. The van der Waals surface area contributed by atoms with Crippen LogP contribution in [0, 0.1) is 5.92 Å². The molecule has 0 saturated heterocycles. The quantitative estimate of drug-likeness (QED) is 0.632. The Bertz CT molecular complexity index is 171. The van der Waals surface area contributed by atoms with Crippen LogP contribution in [0.1, 0.15) is 47.0 Å². The molecule has 90 valence electrons. The molecule has 0 fully saturated rings. The molecule has 0 aliphatic carbocycles. The number of rotatable bonds is 8. The Balaban J connectivity index is 4.04. The number of hydrogen-bond donors (Lipinski definition) is 1. The highest BCUT2D eigenvalue weighted by Gasteiger charge is 2.19. The Morgan fingerprint density at radius 3 is 2.47 bits per heavy atom. The van der Waals surface area contributed by atoms with Gasteiger partial charge in [-0.25, -0.2) is 0 Å². The van der Waals surface area contributed by atoms with Crippen molar-refractivity contribution in [3.8, 4) is 0 Å². The topological polar surface area (TPSA) is 38.3 Å². The zero-order valence-electron chi connectivity index (χ0n) is 10.5. The fraction of sp³-hybridized carbons (Fsp3) is 0.917. The standard InChI is InChI=1S/C12H25NO2/c1-5-8-13-11(10(4)6-2)9-12(14)15-7-3/h10-11,13H,5-9H2,1-4H3. The Kier molecular flexibility index (Phi) is 8.38. The van der Waals surface area contributed by atoms with E-state index in [1.54, 1.807) is 0 Å². The Morgan fingerprint density at radius 1 is 1.33 bits per heavy atom. The van der Waals surface area contributed by atoms with Crippen molar-refractivity contribution >= 4 is 5.97 Å². The molecule has 0 aliphatic heterocycles. The van der Waals surface area contributed by atoms with E-state index >= 15 is 0 Å². The van der Waals surface area contributed by atoms with E-state index in [4.69, 9.17) is 4.74 Å². The maximum atomic E-state index is 11.4. The van der Waals surface area contributed by atoms with Crippen LogP contribution < -0.4 is 5.32 Å². The van der Waals surface area contributed by atoms with Crippen LogP contribution in [0.2, 0.25) is 0 Å². The minimum atomic E-state index is -0.0913. The van der Waals surface area contributed by atoms with Crippen molar-refractivity contribution in [3.05, 3.63) is 0 Å². The van der Waals surface area contributed by atoms with Crippen molar-refractivity contribution < 1.29 is 9.53 Å². The SMILES string of the molecule is CCCNC(CC(=O)OCC)C(C)CC. The monoisotopic (exact) mass is 215 g/mol. The molecule has 0 radical (unpaired) electrons. The fourth-order valence-electron chi connectivity index (χ4n) is 1.49. The first kappa shape index (κ1) is 14.4. The normalized spacial score (nSPS) is 14.7. The van der Waals surface area contributed by atoms with Crippen molar-refractivity contribution in [3.63, 3.8) is 0 Å². The van der Waals surface area contributed by atoms with Crippen molar-refractivity contribution in [1.29, 1.82) is 0 Å². The molecule has 0 amide bonds. The van der Waals surface area contributed by atoms with Crippen LogP contribution in [0.3, 0.4) is 0 Å². The Labute approximate surface area is 93.6 Å². The Morgan fingerprint density at radius 2 is 2.00 bits per heavy atom. The van der Waals surface area contributed by atoms with E-state index in [9.17, 15) is 4.79 Å². The minimum Gasteiger partial charge on any atom is -0.466 e. The second-order valence-electron chi connectivity index (χ2n) is 3.96. The number of hydrogen-bond acceptors (Lipinski definition) is 3. The van der Waals surface area contributed by atoms with Gasteiger partial charge in [-0.3, -0.25) is 4.79 Å². The molecule has 1 N–H and O–H groups in total. The van der Waals surface area contributed by atoms with Gasteiger partial charge in [0.05, 0.1) is 13.0 Å². The summed E-state index contributed by atoms with van der Waals surface area (Å²) in [5.41, 5.74) is 0. The van der Waals surface area contributed by atoms with Gasteiger partial charge in [-0.05, 0) is 25.8 Å². The van der Waals surface area contributed by atoms with Gasteiger partial charge in [0, 0.05) is 6.04 Å². The van der Waals surface area contributed by atoms with E-state index in [1.807, 2.05) is 6.92 Å². The van der Waals surface area contributed by atoms with Crippen LogP contribution in [0.25, 0.3) is 0 Å². The first-order valence-corrected chi connectivity index (χ1v) is 6.04. The fourth-order valence-corrected chi connectivity index (χ4v) is 1.49. The minimum absolute atomic E-state index is 0.0913. The van der Waals surface area contributed by atoms with E-state index < -0.39 is 0 Å². The van der Waals surface area contributed by atoms with Gasteiger partial charge in [-0.15, -0.1) is 0 Å². The van der Waals surface area contributed by atoms with E-state index in [0.717, 1.165) is 19.4 Å². The highest BCUT2D eigenvalue weighted by atomic mass is 16.5. The van der Waals surface area contributed by atoms with E-state index in [0.29, 0.717) is 18.9 Å². The van der Waals surface area contributed by atoms with Gasteiger partial charge in [-0.1, -0.05) is 27.2 Å². The summed E-state index contributed by atoms with van der Waals surface area (Å²) < 4.78 is 4.97. The van der Waals surface area contributed by atoms with Crippen molar-refractivity contribution in [2.75, 3.05) is 13.2 Å². The molecule has 0 bridgehead atoms. The van der Waals surface area contributed by atoms with Crippen LogP contribution in [0.4, 0.5) is 0 Å². The summed E-state index contributed by atoms with van der Waals surface area (Å²) in [4.78, 5) is 11.4. The highest BCUT2D eigenvalue weighted by Crippen LogP contribution is 2.11.